The number of aromatic amines is 1. The Bertz CT molecular complexity index is 529. The summed E-state index contributed by atoms with van der Waals surface area (Å²) in [6, 6.07) is 1.55. The fraction of sp³-hybridized carbons (Fsp3) is 0.385. The Morgan fingerprint density at radius 2 is 2.21 bits per heavy atom. The van der Waals surface area contributed by atoms with E-state index in [1.54, 1.807) is 39.0 Å². The third kappa shape index (κ3) is 6.10. The Balaban J connectivity index is 2.49. The number of hydrogen-bond acceptors (Lipinski definition) is 3. The average molecular weight is 285 g/mol. The van der Waals surface area contributed by atoms with Crippen LogP contribution >= 0.6 is 11.6 Å². The quantitative estimate of drug-likeness (QED) is 0.896. The molecule has 0 bridgehead atoms. The first-order valence-corrected chi connectivity index (χ1v) is 6.17. The van der Waals surface area contributed by atoms with Crippen molar-refractivity contribution in [2.45, 2.75) is 26.4 Å². The van der Waals surface area contributed by atoms with Crippen LogP contribution in [0.25, 0.3) is 6.08 Å². The van der Waals surface area contributed by atoms with Crippen molar-refractivity contribution in [2.75, 3.05) is 6.54 Å². The van der Waals surface area contributed by atoms with Crippen molar-refractivity contribution in [3.63, 3.8) is 0 Å². The molecule has 0 aliphatic carbocycles. The van der Waals surface area contributed by atoms with Gasteiger partial charge in [-0.3, -0.25) is 4.79 Å². The van der Waals surface area contributed by atoms with Crippen LogP contribution in [0.2, 0.25) is 5.02 Å². The summed E-state index contributed by atoms with van der Waals surface area (Å²) in [5, 5.41) is 2.99. The summed E-state index contributed by atoms with van der Waals surface area (Å²) in [5.41, 5.74) is -0.339. The molecule has 104 valence electrons. The molecule has 0 unspecified atom stereocenters. The number of pyridine rings is 1. The number of halogens is 1. The predicted octanol–water partition coefficient (Wildman–Crippen LogP) is 2.57. The van der Waals surface area contributed by atoms with Gasteiger partial charge in [0.25, 0.3) is 5.56 Å². The zero-order valence-electron chi connectivity index (χ0n) is 11.1. The molecule has 0 aliphatic heterocycles. The number of rotatable bonds is 3. The van der Waals surface area contributed by atoms with E-state index in [4.69, 9.17) is 16.3 Å². The molecule has 0 fully saturated rings. The highest BCUT2D eigenvalue weighted by Gasteiger charge is 2.14. The van der Waals surface area contributed by atoms with Crippen LogP contribution in [0.15, 0.2) is 23.1 Å². The third-order valence-corrected chi connectivity index (χ3v) is 2.18. The molecule has 6 heteroatoms. The summed E-state index contributed by atoms with van der Waals surface area (Å²) >= 11 is 5.76. The predicted molar refractivity (Wildman–Crippen MR) is 75.3 cm³/mol. The molecule has 2 N–H and O–H groups in total. The fourth-order valence-electron chi connectivity index (χ4n) is 1.24. The number of alkyl carbamates (subject to hydrolysis) is 1. The van der Waals surface area contributed by atoms with E-state index < -0.39 is 11.7 Å². The lowest BCUT2D eigenvalue weighted by molar-refractivity contribution is 0.0534. The van der Waals surface area contributed by atoms with Gasteiger partial charge in [0, 0.05) is 18.3 Å². The summed E-state index contributed by atoms with van der Waals surface area (Å²) in [6.07, 6.45) is 4.14. The molecule has 1 heterocycles. The molecule has 1 aromatic rings. The van der Waals surface area contributed by atoms with Gasteiger partial charge >= 0.3 is 6.09 Å². The second kappa shape index (κ2) is 6.43. The van der Waals surface area contributed by atoms with E-state index >= 15 is 0 Å². The summed E-state index contributed by atoms with van der Waals surface area (Å²) in [7, 11) is 0. The monoisotopic (exact) mass is 284 g/mol. The first kappa shape index (κ1) is 15.3. The lowest BCUT2D eigenvalue weighted by atomic mass is 10.2. The molecule has 1 rings (SSSR count). The zero-order valence-corrected chi connectivity index (χ0v) is 11.9. The highest BCUT2D eigenvalue weighted by Crippen LogP contribution is 2.07. The highest BCUT2D eigenvalue weighted by molar-refractivity contribution is 6.30. The van der Waals surface area contributed by atoms with E-state index in [-0.39, 0.29) is 12.1 Å². The lowest BCUT2D eigenvalue weighted by Gasteiger charge is -2.19. The molecule has 0 aromatic carbocycles. The van der Waals surface area contributed by atoms with Gasteiger partial charge < -0.3 is 15.0 Å². The van der Waals surface area contributed by atoms with Crippen LogP contribution < -0.4 is 10.9 Å². The van der Waals surface area contributed by atoms with Gasteiger partial charge in [-0.15, -0.1) is 0 Å². The molecular weight excluding hydrogens is 268 g/mol. The van der Waals surface area contributed by atoms with E-state index in [1.807, 2.05) is 0 Å². The van der Waals surface area contributed by atoms with Crippen molar-refractivity contribution in [3.05, 3.63) is 39.3 Å². The maximum Gasteiger partial charge on any atom is 0.407 e. The topological polar surface area (TPSA) is 71.2 Å². The Labute approximate surface area is 116 Å². The van der Waals surface area contributed by atoms with Crippen LogP contribution in [-0.2, 0) is 4.74 Å². The number of ether oxygens (including phenoxy) is 1. The Morgan fingerprint density at radius 3 is 2.84 bits per heavy atom. The average Bonchev–Trinajstić information content (AvgIpc) is 2.26. The number of carbonyl (C=O) groups excluding carboxylic acids is 1. The Kier molecular flexibility index (Phi) is 5.18. The van der Waals surface area contributed by atoms with Gasteiger partial charge in [-0.2, -0.15) is 0 Å². The van der Waals surface area contributed by atoms with Gasteiger partial charge in [0.2, 0.25) is 0 Å². The normalized spacial score (nSPS) is 11.6. The molecule has 1 aromatic heterocycles. The summed E-state index contributed by atoms with van der Waals surface area (Å²) in [6.45, 7) is 5.62. The number of aromatic nitrogens is 1. The van der Waals surface area contributed by atoms with Crippen molar-refractivity contribution in [1.29, 1.82) is 0 Å². The molecular formula is C13H17ClN2O3. The molecule has 5 nitrogen and oxygen atoms in total. The second-order valence-electron chi connectivity index (χ2n) is 4.89. The van der Waals surface area contributed by atoms with Crippen LogP contribution in [-0.4, -0.2) is 23.2 Å². The van der Waals surface area contributed by atoms with Crippen LogP contribution in [0.1, 0.15) is 26.3 Å². The second-order valence-corrected chi connectivity index (χ2v) is 5.32. The van der Waals surface area contributed by atoms with Crippen LogP contribution in [0.3, 0.4) is 0 Å². The number of H-pyrrole nitrogens is 1. The van der Waals surface area contributed by atoms with Crippen LogP contribution in [0.5, 0.6) is 0 Å². The molecule has 0 radical (unpaired) electrons. The SMILES string of the molecule is CC(C)(C)OC(=O)NCC=Cc1cc(Cl)c[nH]c1=O. The van der Waals surface area contributed by atoms with E-state index in [0.717, 1.165) is 0 Å². The molecule has 0 saturated carbocycles. The molecule has 1 amide bonds. The van der Waals surface area contributed by atoms with Gasteiger partial charge in [0.05, 0.1) is 5.02 Å². The van der Waals surface area contributed by atoms with Gasteiger partial charge in [0.15, 0.2) is 0 Å². The Morgan fingerprint density at radius 1 is 1.53 bits per heavy atom. The van der Waals surface area contributed by atoms with E-state index in [9.17, 15) is 9.59 Å². The first-order chi connectivity index (χ1) is 8.78. The molecule has 0 aliphatic rings. The standard InChI is InChI=1S/C13H17ClN2O3/c1-13(2,3)19-12(18)15-6-4-5-9-7-10(14)8-16-11(9)17/h4-5,7-8H,6H2,1-3H3,(H,15,18)(H,16,17). The minimum absolute atomic E-state index is 0.238. The van der Waals surface area contributed by atoms with Gasteiger partial charge in [0.1, 0.15) is 5.60 Å². The first-order valence-electron chi connectivity index (χ1n) is 5.79. The van der Waals surface area contributed by atoms with Crippen molar-refractivity contribution in [3.8, 4) is 0 Å². The summed E-state index contributed by atoms with van der Waals surface area (Å²) < 4.78 is 5.06. The summed E-state index contributed by atoms with van der Waals surface area (Å²) in [4.78, 5) is 25.2. The van der Waals surface area contributed by atoms with E-state index in [1.165, 1.54) is 6.20 Å². The smallest absolute Gasteiger partial charge is 0.407 e. The van der Waals surface area contributed by atoms with Gasteiger partial charge in [-0.1, -0.05) is 23.8 Å². The van der Waals surface area contributed by atoms with E-state index in [2.05, 4.69) is 10.3 Å². The number of nitrogens with one attached hydrogen (secondary N) is 2. The molecule has 0 atom stereocenters. The van der Waals surface area contributed by atoms with Crippen molar-refractivity contribution < 1.29 is 9.53 Å². The fourth-order valence-corrected chi connectivity index (χ4v) is 1.41. The minimum atomic E-state index is -0.530. The lowest BCUT2D eigenvalue weighted by Crippen LogP contribution is -2.32. The van der Waals surface area contributed by atoms with Gasteiger partial charge in [-0.05, 0) is 26.8 Å². The number of amides is 1. The number of carbonyl (C=O) groups is 1. The van der Waals surface area contributed by atoms with Crippen molar-refractivity contribution in [2.24, 2.45) is 0 Å². The zero-order chi connectivity index (χ0) is 14.5. The van der Waals surface area contributed by atoms with Crippen molar-refractivity contribution in [1.82, 2.24) is 10.3 Å². The molecule has 19 heavy (non-hydrogen) atoms. The summed E-state index contributed by atoms with van der Waals surface area (Å²) in [5.74, 6) is 0. The minimum Gasteiger partial charge on any atom is -0.444 e. The Hall–Kier alpha value is -1.75. The van der Waals surface area contributed by atoms with Crippen LogP contribution in [0, 0.1) is 0 Å². The number of hydrogen-bond donors (Lipinski definition) is 2. The molecule has 0 saturated heterocycles. The molecule has 0 spiro atoms. The van der Waals surface area contributed by atoms with Crippen molar-refractivity contribution >= 4 is 23.8 Å². The largest absolute Gasteiger partial charge is 0.444 e. The van der Waals surface area contributed by atoms with Crippen LogP contribution in [0.4, 0.5) is 4.79 Å². The third-order valence-electron chi connectivity index (χ3n) is 1.96. The van der Waals surface area contributed by atoms with Gasteiger partial charge in [-0.25, -0.2) is 4.79 Å². The highest BCUT2D eigenvalue weighted by atomic mass is 35.5. The van der Waals surface area contributed by atoms with E-state index in [0.29, 0.717) is 10.6 Å². The maximum absolute atomic E-state index is 11.4. The maximum atomic E-state index is 11.4.